The maximum Gasteiger partial charge on any atom is 0.263 e. The highest BCUT2D eigenvalue weighted by Gasteiger charge is 2.31. The van der Waals surface area contributed by atoms with E-state index in [4.69, 9.17) is 0 Å². The van der Waals surface area contributed by atoms with Crippen LogP contribution >= 0.6 is 0 Å². The minimum Gasteiger partial charge on any atom is -0.287 e. The molecule has 2 heterocycles. The summed E-state index contributed by atoms with van der Waals surface area (Å²) in [6, 6.07) is 15.9. The first-order valence-corrected chi connectivity index (χ1v) is 6.46. The van der Waals surface area contributed by atoms with Crippen LogP contribution in [-0.2, 0) is 0 Å². The third-order valence-corrected chi connectivity index (χ3v) is 3.81. The van der Waals surface area contributed by atoms with Gasteiger partial charge in [0.05, 0.1) is 11.3 Å². The second kappa shape index (κ2) is 3.90. The van der Waals surface area contributed by atoms with Crippen LogP contribution < -0.4 is 5.56 Å². The van der Waals surface area contributed by atoms with Crippen LogP contribution in [0.15, 0.2) is 53.3 Å². The van der Waals surface area contributed by atoms with E-state index in [0.29, 0.717) is 22.0 Å². The van der Waals surface area contributed by atoms with Crippen molar-refractivity contribution in [3.8, 4) is 11.8 Å². The zero-order valence-electron chi connectivity index (χ0n) is 10.8. The zero-order chi connectivity index (χ0) is 14.6. The lowest BCUT2D eigenvalue weighted by atomic mass is 10.0. The van der Waals surface area contributed by atoms with Gasteiger partial charge in [-0.15, -0.1) is 0 Å². The molecule has 4 nitrogen and oxygen atoms in total. The summed E-state index contributed by atoms with van der Waals surface area (Å²) in [5.74, 6) is -0.273. The van der Waals surface area contributed by atoms with Crippen molar-refractivity contribution in [2.24, 2.45) is 0 Å². The Bertz CT molecular complexity index is 1040. The summed E-state index contributed by atoms with van der Waals surface area (Å²) in [6.45, 7) is 0. The molecule has 21 heavy (non-hydrogen) atoms. The Hall–Kier alpha value is -3.19. The number of para-hydroxylation sites is 1. The first kappa shape index (κ1) is 11.6. The van der Waals surface area contributed by atoms with Crippen LogP contribution in [0.1, 0.15) is 21.6 Å². The van der Waals surface area contributed by atoms with Gasteiger partial charge >= 0.3 is 0 Å². The van der Waals surface area contributed by atoms with Crippen molar-refractivity contribution >= 4 is 16.6 Å². The lowest BCUT2D eigenvalue weighted by molar-refractivity contribution is 0.103. The molecule has 1 aliphatic rings. The Morgan fingerprint density at radius 1 is 0.905 bits per heavy atom. The van der Waals surface area contributed by atoms with Crippen molar-refractivity contribution in [2.45, 2.75) is 0 Å². The quantitative estimate of drug-likeness (QED) is 0.494. The standard InChI is InChI=1S/C17H8N2O2/c18-9-13-10-5-1-2-6-11(10)17(21)19-14-8-4-3-7-12(14)16(20)15(13)19/h1-8H. The van der Waals surface area contributed by atoms with Crippen LogP contribution in [0, 0.1) is 11.3 Å². The van der Waals surface area contributed by atoms with E-state index in [1.165, 1.54) is 4.57 Å². The number of hydrogen-bond donors (Lipinski definition) is 0. The highest BCUT2D eigenvalue weighted by Crippen LogP contribution is 2.30. The first-order valence-electron chi connectivity index (χ1n) is 6.46. The number of aromatic nitrogens is 1. The molecule has 0 unspecified atom stereocenters. The summed E-state index contributed by atoms with van der Waals surface area (Å²) in [7, 11) is 0. The lowest BCUT2D eigenvalue weighted by Crippen LogP contribution is -2.21. The summed E-state index contributed by atoms with van der Waals surface area (Å²) in [6.07, 6.45) is 0. The minimum atomic E-state index is -0.273. The number of benzene rings is 2. The van der Waals surface area contributed by atoms with E-state index in [0.717, 1.165) is 0 Å². The molecule has 0 saturated carbocycles. The van der Waals surface area contributed by atoms with Gasteiger partial charge in [-0.05, 0) is 18.2 Å². The summed E-state index contributed by atoms with van der Waals surface area (Å²) in [4.78, 5) is 25.3. The van der Waals surface area contributed by atoms with Gasteiger partial charge in [0.25, 0.3) is 5.56 Å². The molecule has 4 rings (SSSR count). The van der Waals surface area contributed by atoms with Crippen LogP contribution in [0.4, 0.5) is 0 Å². The molecule has 0 spiro atoms. The molecule has 1 aliphatic heterocycles. The molecule has 0 bridgehead atoms. The molecule has 0 saturated heterocycles. The predicted molar refractivity (Wildman–Crippen MR) is 77.7 cm³/mol. The van der Waals surface area contributed by atoms with E-state index in [1.54, 1.807) is 48.5 Å². The first-order chi connectivity index (χ1) is 10.2. The monoisotopic (exact) mass is 272 g/mol. The fourth-order valence-electron chi connectivity index (χ4n) is 2.90. The van der Waals surface area contributed by atoms with Crippen LogP contribution in [0.5, 0.6) is 0 Å². The van der Waals surface area contributed by atoms with Gasteiger partial charge in [-0.3, -0.25) is 14.2 Å². The van der Waals surface area contributed by atoms with Gasteiger partial charge in [0, 0.05) is 16.3 Å². The predicted octanol–water partition coefficient (Wildman–Crippen LogP) is 2.41. The van der Waals surface area contributed by atoms with Crippen molar-refractivity contribution in [1.82, 2.24) is 4.57 Å². The average Bonchev–Trinajstić information content (AvgIpc) is 2.82. The van der Waals surface area contributed by atoms with Crippen molar-refractivity contribution in [3.63, 3.8) is 0 Å². The fourth-order valence-corrected chi connectivity index (χ4v) is 2.90. The van der Waals surface area contributed by atoms with Crippen molar-refractivity contribution in [3.05, 3.63) is 75.7 Å². The summed E-state index contributed by atoms with van der Waals surface area (Å²) in [5, 5.41) is 10.4. The average molecular weight is 272 g/mol. The van der Waals surface area contributed by atoms with Crippen LogP contribution in [0.25, 0.3) is 16.5 Å². The molecule has 0 fully saturated rings. The van der Waals surface area contributed by atoms with Gasteiger partial charge in [0.1, 0.15) is 11.8 Å². The van der Waals surface area contributed by atoms with Gasteiger partial charge in [-0.25, -0.2) is 0 Å². The molecule has 0 N–H and O–H groups in total. The molecular formula is C17H8N2O2. The Balaban J connectivity index is 2.32. The Labute approximate surface area is 119 Å². The Morgan fingerprint density at radius 3 is 2.33 bits per heavy atom. The highest BCUT2D eigenvalue weighted by atomic mass is 16.1. The van der Waals surface area contributed by atoms with Gasteiger partial charge in [0.15, 0.2) is 0 Å². The molecule has 98 valence electrons. The van der Waals surface area contributed by atoms with Gasteiger partial charge in [-0.1, -0.05) is 30.3 Å². The number of ketones is 1. The summed E-state index contributed by atoms with van der Waals surface area (Å²) >= 11 is 0. The molecular weight excluding hydrogens is 264 g/mol. The number of carbonyl (C=O) groups excluding carboxylic acids is 1. The van der Waals surface area contributed by atoms with E-state index >= 15 is 0 Å². The molecule has 2 aromatic carbocycles. The summed E-state index contributed by atoms with van der Waals surface area (Å²) in [5.41, 5.74) is 1.16. The Morgan fingerprint density at radius 2 is 1.57 bits per heavy atom. The van der Waals surface area contributed by atoms with E-state index in [9.17, 15) is 14.9 Å². The van der Waals surface area contributed by atoms with Crippen LogP contribution in [0.2, 0.25) is 0 Å². The number of rotatable bonds is 0. The van der Waals surface area contributed by atoms with Crippen LogP contribution in [-0.4, -0.2) is 10.4 Å². The number of hydrogen-bond acceptors (Lipinski definition) is 3. The SMILES string of the molecule is N#Cc1c2n(c(=O)c3ccccc13)-c1ccccc1C2=O. The summed E-state index contributed by atoms with van der Waals surface area (Å²) < 4.78 is 1.36. The van der Waals surface area contributed by atoms with E-state index < -0.39 is 0 Å². The van der Waals surface area contributed by atoms with Crippen molar-refractivity contribution in [2.75, 3.05) is 0 Å². The van der Waals surface area contributed by atoms with E-state index in [1.807, 2.05) is 0 Å². The second-order valence-corrected chi connectivity index (χ2v) is 4.87. The molecule has 4 heteroatoms. The number of carbonyl (C=O) groups is 1. The van der Waals surface area contributed by atoms with Gasteiger partial charge in [-0.2, -0.15) is 5.26 Å². The largest absolute Gasteiger partial charge is 0.287 e. The van der Waals surface area contributed by atoms with Gasteiger partial charge < -0.3 is 0 Å². The Kier molecular flexibility index (Phi) is 2.16. The minimum absolute atomic E-state index is 0.169. The molecule has 3 aromatic rings. The second-order valence-electron chi connectivity index (χ2n) is 4.87. The molecule has 0 amide bonds. The molecule has 1 aromatic heterocycles. The third kappa shape index (κ3) is 1.32. The van der Waals surface area contributed by atoms with E-state index in [2.05, 4.69) is 6.07 Å². The molecule has 0 radical (unpaired) electrons. The maximum atomic E-state index is 12.7. The smallest absolute Gasteiger partial charge is 0.263 e. The number of pyridine rings is 1. The lowest BCUT2D eigenvalue weighted by Gasteiger charge is -2.08. The number of nitriles is 1. The molecule has 0 aliphatic carbocycles. The molecule has 0 atom stereocenters. The van der Waals surface area contributed by atoms with Crippen molar-refractivity contribution < 1.29 is 4.79 Å². The van der Waals surface area contributed by atoms with Crippen molar-refractivity contribution in [1.29, 1.82) is 5.26 Å². The normalized spacial score (nSPS) is 12.0. The fraction of sp³-hybridized carbons (Fsp3) is 0. The zero-order valence-corrected chi connectivity index (χ0v) is 10.8. The third-order valence-electron chi connectivity index (χ3n) is 3.81. The topological polar surface area (TPSA) is 62.9 Å². The number of fused-ring (bicyclic) bond motifs is 4. The number of nitrogens with zero attached hydrogens (tertiary/aromatic N) is 2. The maximum absolute atomic E-state index is 12.7. The van der Waals surface area contributed by atoms with Crippen LogP contribution in [0.3, 0.4) is 0 Å². The van der Waals surface area contributed by atoms with Gasteiger partial charge in [0.2, 0.25) is 5.78 Å². The van der Waals surface area contributed by atoms with E-state index in [-0.39, 0.29) is 22.6 Å². The highest BCUT2D eigenvalue weighted by molar-refractivity contribution is 6.17.